The van der Waals surface area contributed by atoms with Crippen molar-refractivity contribution in [3.05, 3.63) is 93.0 Å². The SMILES string of the molecule is COC1C2(CC3(C(=O)Nc4ccc(Cl)cc43)C1(O)c1ccc(C)cc1)C(=O)Nc1ccc(Cl)cc12. The molecule has 6 nitrogen and oxygen atoms in total. The maximum absolute atomic E-state index is 14.0. The number of aryl methyl sites for hydroxylation is 1. The number of nitrogens with one attached hydrogen (secondary N) is 2. The Kier molecular flexibility index (Phi) is 4.71. The zero-order chi connectivity index (χ0) is 24.8. The number of aliphatic hydroxyl groups is 1. The van der Waals surface area contributed by atoms with E-state index in [0.717, 1.165) is 5.56 Å². The van der Waals surface area contributed by atoms with Gasteiger partial charge >= 0.3 is 0 Å². The average Bonchev–Trinajstić information content (AvgIpc) is 3.36. The molecule has 0 saturated heterocycles. The van der Waals surface area contributed by atoms with Crippen LogP contribution in [0.5, 0.6) is 0 Å². The molecule has 0 bridgehead atoms. The van der Waals surface area contributed by atoms with Gasteiger partial charge in [-0.3, -0.25) is 9.59 Å². The molecule has 4 atom stereocenters. The molecule has 35 heavy (non-hydrogen) atoms. The standard InChI is InChI=1S/C27H22Cl2N2O4/c1-14-3-5-15(6-4-14)27(34)22(35-2)25(18-11-16(28)7-9-20(18)30-23(25)32)13-26(27)19-12-17(29)8-10-21(19)31-24(26)33/h3-12,22,34H,13H2,1-2H3,(H,30,32)(H,31,33). The van der Waals surface area contributed by atoms with E-state index in [1.54, 1.807) is 48.5 Å². The number of benzene rings is 3. The first-order chi connectivity index (χ1) is 16.7. The van der Waals surface area contributed by atoms with Gasteiger partial charge in [0.05, 0.1) is 0 Å². The second-order valence-electron chi connectivity index (χ2n) is 9.59. The van der Waals surface area contributed by atoms with Gasteiger partial charge < -0.3 is 20.5 Å². The summed E-state index contributed by atoms with van der Waals surface area (Å²) in [6.07, 6.45) is -1.16. The van der Waals surface area contributed by atoms with Crippen LogP contribution in [-0.2, 0) is 30.8 Å². The number of carbonyl (C=O) groups excluding carboxylic acids is 2. The highest BCUT2D eigenvalue weighted by Crippen LogP contribution is 2.67. The number of halogens is 2. The Hall–Kier alpha value is -2.90. The topological polar surface area (TPSA) is 87.7 Å². The minimum atomic E-state index is -1.92. The van der Waals surface area contributed by atoms with E-state index in [2.05, 4.69) is 10.6 Å². The van der Waals surface area contributed by atoms with E-state index in [4.69, 9.17) is 27.9 Å². The third-order valence-electron chi connectivity index (χ3n) is 7.94. The van der Waals surface area contributed by atoms with Crippen LogP contribution in [0.15, 0.2) is 60.7 Å². The molecule has 4 unspecified atom stereocenters. The van der Waals surface area contributed by atoms with Crippen molar-refractivity contribution in [2.45, 2.75) is 35.9 Å². The van der Waals surface area contributed by atoms with Gasteiger partial charge in [-0.25, -0.2) is 0 Å². The van der Waals surface area contributed by atoms with Gasteiger partial charge in [-0.15, -0.1) is 0 Å². The lowest BCUT2D eigenvalue weighted by molar-refractivity contribution is -0.151. The lowest BCUT2D eigenvalue weighted by atomic mass is 9.66. The number of fused-ring (bicyclic) bond motifs is 4. The van der Waals surface area contributed by atoms with Gasteiger partial charge in [0.2, 0.25) is 11.8 Å². The maximum atomic E-state index is 14.0. The zero-order valence-corrected chi connectivity index (χ0v) is 20.5. The van der Waals surface area contributed by atoms with E-state index in [1.807, 2.05) is 19.1 Å². The van der Waals surface area contributed by atoms with Crippen molar-refractivity contribution in [3.8, 4) is 0 Å². The van der Waals surface area contributed by atoms with Crippen molar-refractivity contribution < 1.29 is 19.4 Å². The van der Waals surface area contributed by atoms with Crippen LogP contribution in [0.3, 0.4) is 0 Å². The molecule has 2 aliphatic heterocycles. The summed E-state index contributed by atoms with van der Waals surface area (Å²) in [5.41, 5.74) is -1.18. The van der Waals surface area contributed by atoms with Crippen LogP contribution in [-0.4, -0.2) is 30.1 Å². The molecule has 3 aliphatic rings. The van der Waals surface area contributed by atoms with Crippen LogP contribution >= 0.6 is 23.2 Å². The predicted molar refractivity (Wildman–Crippen MR) is 134 cm³/mol. The van der Waals surface area contributed by atoms with Crippen molar-refractivity contribution in [2.75, 3.05) is 17.7 Å². The molecule has 178 valence electrons. The first-order valence-electron chi connectivity index (χ1n) is 11.2. The fourth-order valence-corrected chi connectivity index (χ4v) is 6.82. The van der Waals surface area contributed by atoms with E-state index in [0.29, 0.717) is 38.1 Å². The average molecular weight is 509 g/mol. The van der Waals surface area contributed by atoms with Crippen molar-refractivity contribution >= 4 is 46.4 Å². The minimum Gasteiger partial charge on any atom is -0.381 e. The van der Waals surface area contributed by atoms with Gasteiger partial charge in [-0.05, 0) is 66.4 Å². The van der Waals surface area contributed by atoms with Crippen molar-refractivity contribution in [1.29, 1.82) is 0 Å². The van der Waals surface area contributed by atoms with E-state index in [1.165, 1.54) is 7.11 Å². The number of methoxy groups -OCH3 is 1. The molecule has 1 aliphatic carbocycles. The monoisotopic (exact) mass is 508 g/mol. The van der Waals surface area contributed by atoms with Crippen LogP contribution < -0.4 is 10.6 Å². The van der Waals surface area contributed by atoms with Crippen LogP contribution in [0, 0.1) is 6.92 Å². The van der Waals surface area contributed by atoms with E-state index in [-0.39, 0.29) is 12.3 Å². The van der Waals surface area contributed by atoms with Crippen molar-refractivity contribution in [2.24, 2.45) is 0 Å². The summed E-state index contributed by atoms with van der Waals surface area (Å²) >= 11 is 12.8. The highest BCUT2D eigenvalue weighted by molar-refractivity contribution is 6.31. The fraction of sp³-hybridized carbons (Fsp3) is 0.259. The quantitative estimate of drug-likeness (QED) is 0.468. The van der Waals surface area contributed by atoms with Gasteiger partial charge in [0.1, 0.15) is 22.5 Å². The third kappa shape index (κ3) is 2.63. The first kappa shape index (κ1) is 22.6. The summed E-state index contributed by atoms with van der Waals surface area (Å²) in [5, 5.41) is 19.6. The molecule has 3 aromatic rings. The van der Waals surface area contributed by atoms with Crippen molar-refractivity contribution in [3.63, 3.8) is 0 Å². The van der Waals surface area contributed by atoms with Gasteiger partial charge in [0.25, 0.3) is 0 Å². The Morgan fingerprint density at radius 3 is 2.09 bits per heavy atom. The summed E-state index contributed by atoms with van der Waals surface area (Å²) in [7, 11) is 1.45. The lowest BCUT2D eigenvalue weighted by Gasteiger charge is -2.42. The van der Waals surface area contributed by atoms with Gasteiger partial charge in [0.15, 0.2) is 0 Å². The Morgan fingerprint density at radius 1 is 0.886 bits per heavy atom. The van der Waals surface area contributed by atoms with E-state index >= 15 is 0 Å². The van der Waals surface area contributed by atoms with Crippen LogP contribution in [0.1, 0.15) is 28.7 Å². The molecule has 2 spiro atoms. The normalized spacial score (nSPS) is 30.5. The van der Waals surface area contributed by atoms with Crippen LogP contribution in [0.2, 0.25) is 10.0 Å². The number of hydrogen-bond acceptors (Lipinski definition) is 4. The number of hydrogen-bond donors (Lipinski definition) is 3. The largest absolute Gasteiger partial charge is 0.381 e. The van der Waals surface area contributed by atoms with Crippen LogP contribution in [0.4, 0.5) is 11.4 Å². The predicted octanol–water partition coefficient (Wildman–Crippen LogP) is 4.69. The highest BCUT2D eigenvalue weighted by atomic mass is 35.5. The molecule has 2 heterocycles. The summed E-state index contributed by atoms with van der Waals surface area (Å²) in [4.78, 5) is 27.8. The first-order valence-corrected chi connectivity index (χ1v) is 12.0. The number of carbonyl (C=O) groups is 2. The second-order valence-corrected chi connectivity index (χ2v) is 10.5. The van der Waals surface area contributed by atoms with E-state index in [9.17, 15) is 14.7 Å². The molecule has 3 N–H and O–H groups in total. The summed E-state index contributed by atoms with van der Waals surface area (Å²) in [5.74, 6) is -0.771. The summed E-state index contributed by atoms with van der Waals surface area (Å²) < 4.78 is 6.03. The molecule has 3 aromatic carbocycles. The zero-order valence-electron chi connectivity index (χ0n) is 19.0. The molecule has 1 fully saturated rings. The molecule has 0 aromatic heterocycles. The number of anilines is 2. The summed E-state index contributed by atoms with van der Waals surface area (Å²) in [6, 6.07) is 17.5. The third-order valence-corrected chi connectivity index (χ3v) is 8.41. The molecule has 1 saturated carbocycles. The molecule has 0 radical (unpaired) electrons. The molecular formula is C27H22Cl2N2O4. The second kappa shape index (κ2) is 7.31. The van der Waals surface area contributed by atoms with Crippen molar-refractivity contribution in [1.82, 2.24) is 0 Å². The van der Waals surface area contributed by atoms with Gasteiger partial charge in [0, 0.05) is 28.5 Å². The Bertz CT molecular complexity index is 1430. The fourth-order valence-electron chi connectivity index (χ4n) is 6.47. The number of ether oxygens (including phenoxy) is 1. The molecule has 6 rings (SSSR count). The Morgan fingerprint density at radius 2 is 1.46 bits per heavy atom. The Labute approximate surface area is 212 Å². The molecular weight excluding hydrogens is 487 g/mol. The number of rotatable bonds is 2. The van der Waals surface area contributed by atoms with E-state index < -0.39 is 28.4 Å². The molecule has 8 heteroatoms. The minimum absolute atomic E-state index is 0.0404. The number of amides is 2. The summed E-state index contributed by atoms with van der Waals surface area (Å²) in [6.45, 7) is 1.94. The highest BCUT2D eigenvalue weighted by Gasteiger charge is 2.79. The van der Waals surface area contributed by atoms with Crippen LogP contribution in [0.25, 0.3) is 0 Å². The Balaban J connectivity index is 1.73. The lowest BCUT2D eigenvalue weighted by Crippen LogP contribution is -2.56. The smallest absolute Gasteiger partial charge is 0.238 e. The maximum Gasteiger partial charge on any atom is 0.238 e. The van der Waals surface area contributed by atoms with Gasteiger partial charge in [-0.1, -0.05) is 53.0 Å². The van der Waals surface area contributed by atoms with Gasteiger partial charge in [-0.2, -0.15) is 0 Å². The molecule has 2 amide bonds.